The summed E-state index contributed by atoms with van der Waals surface area (Å²) in [6.45, 7) is 2.29. The number of carbonyl (C=O) groups excluding carboxylic acids is 2. The molecule has 0 N–H and O–H groups in total. The lowest BCUT2D eigenvalue weighted by Crippen LogP contribution is -2.28. The van der Waals surface area contributed by atoms with Crippen LogP contribution in [0, 0.1) is 5.82 Å². The van der Waals surface area contributed by atoms with Crippen molar-refractivity contribution in [2.45, 2.75) is 20.1 Å². The second kappa shape index (κ2) is 11.7. The molecule has 186 valence electrons. The van der Waals surface area contributed by atoms with Gasteiger partial charge in [-0.15, -0.1) is 0 Å². The van der Waals surface area contributed by atoms with Crippen LogP contribution in [0.15, 0.2) is 64.0 Å². The van der Waals surface area contributed by atoms with Crippen LogP contribution in [0.1, 0.15) is 23.6 Å². The Hall–Kier alpha value is -2.52. The van der Waals surface area contributed by atoms with Crippen LogP contribution in [0.25, 0.3) is 6.08 Å². The highest BCUT2D eigenvalue weighted by Crippen LogP contribution is 2.40. The Morgan fingerprint density at radius 1 is 1.08 bits per heavy atom. The molecule has 36 heavy (non-hydrogen) atoms. The summed E-state index contributed by atoms with van der Waals surface area (Å²) in [6.07, 6.45) is 1.59. The number of ether oxygens (including phenoxy) is 2. The fraction of sp³-hybridized carbons (Fsp3) is 0.154. The molecule has 2 amide bonds. The SMILES string of the molecule is CCOc1cc(/C=C2\SC(=O)N(Cc3c(F)cccc3Cl)C2=O)cc(Br)c1OCc1ccc(Cl)cc1. The fourth-order valence-corrected chi connectivity index (χ4v) is 5.20. The lowest BCUT2D eigenvalue weighted by Gasteiger charge is -2.15. The van der Waals surface area contributed by atoms with Gasteiger partial charge in [0.25, 0.3) is 11.1 Å². The van der Waals surface area contributed by atoms with Crippen molar-refractivity contribution in [3.05, 3.63) is 96.5 Å². The highest BCUT2D eigenvalue weighted by Gasteiger charge is 2.36. The minimum absolute atomic E-state index is 0.0892. The van der Waals surface area contributed by atoms with Gasteiger partial charge in [-0.3, -0.25) is 14.5 Å². The van der Waals surface area contributed by atoms with Crippen LogP contribution in [0.4, 0.5) is 9.18 Å². The van der Waals surface area contributed by atoms with E-state index in [1.165, 1.54) is 18.2 Å². The van der Waals surface area contributed by atoms with Crippen LogP contribution in [-0.4, -0.2) is 22.7 Å². The quantitative estimate of drug-likeness (QED) is 0.241. The number of hydrogen-bond acceptors (Lipinski definition) is 5. The number of benzene rings is 3. The topological polar surface area (TPSA) is 55.8 Å². The summed E-state index contributed by atoms with van der Waals surface area (Å²) in [6, 6.07) is 15.0. The van der Waals surface area contributed by atoms with E-state index in [4.69, 9.17) is 32.7 Å². The van der Waals surface area contributed by atoms with Gasteiger partial charge in [-0.05, 0) is 88.2 Å². The van der Waals surface area contributed by atoms with Gasteiger partial charge in [-0.25, -0.2) is 4.39 Å². The Kier molecular flexibility index (Phi) is 8.62. The normalized spacial score (nSPS) is 14.6. The van der Waals surface area contributed by atoms with Gasteiger partial charge in [0.15, 0.2) is 11.5 Å². The third-order valence-electron chi connectivity index (χ3n) is 5.18. The zero-order valence-corrected chi connectivity index (χ0v) is 22.8. The first-order valence-corrected chi connectivity index (χ1v) is 13.1. The van der Waals surface area contributed by atoms with Crippen molar-refractivity contribution in [1.82, 2.24) is 4.90 Å². The summed E-state index contributed by atoms with van der Waals surface area (Å²) in [5.74, 6) is -0.123. The Morgan fingerprint density at radius 3 is 2.53 bits per heavy atom. The van der Waals surface area contributed by atoms with E-state index in [0.717, 1.165) is 22.2 Å². The van der Waals surface area contributed by atoms with E-state index < -0.39 is 17.0 Å². The summed E-state index contributed by atoms with van der Waals surface area (Å²) >= 11 is 16.3. The molecule has 0 aromatic heterocycles. The molecule has 1 aliphatic rings. The molecule has 0 spiro atoms. The van der Waals surface area contributed by atoms with Crippen LogP contribution < -0.4 is 9.47 Å². The number of nitrogens with zero attached hydrogens (tertiary/aromatic N) is 1. The number of rotatable bonds is 8. The van der Waals surface area contributed by atoms with Crippen molar-refractivity contribution in [1.29, 1.82) is 0 Å². The molecule has 0 aliphatic carbocycles. The van der Waals surface area contributed by atoms with E-state index in [9.17, 15) is 14.0 Å². The lowest BCUT2D eigenvalue weighted by atomic mass is 10.1. The maximum atomic E-state index is 14.2. The minimum atomic E-state index is -0.579. The first-order chi connectivity index (χ1) is 17.3. The van der Waals surface area contributed by atoms with E-state index in [0.29, 0.717) is 39.8 Å². The molecule has 1 saturated heterocycles. The molecule has 10 heteroatoms. The van der Waals surface area contributed by atoms with Gasteiger partial charge < -0.3 is 9.47 Å². The molecule has 1 aliphatic heterocycles. The number of carbonyl (C=O) groups is 2. The maximum absolute atomic E-state index is 14.2. The zero-order chi connectivity index (χ0) is 25.8. The van der Waals surface area contributed by atoms with Crippen molar-refractivity contribution < 1.29 is 23.5 Å². The van der Waals surface area contributed by atoms with E-state index in [-0.39, 0.29) is 22.0 Å². The molecule has 5 nitrogen and oxygen atoms in total. The van der Waals surface area contributed by atoms with E-state index in [2.05, 4.69) is 15.9 Å². The number of imide groups is 1. The first kappa shape index (κ1) is 26.5. The molecular weight excluding hydrogens is 592 g/mol. The molecule has 4 rings (SSSR count). The molecule has 3 aromatic carbocycles. The van der Waals surface area contributed by atoms with E-state index >= 15 is 0 Å². The molecule has 3 aromatic rings. The van der Waals surface area contributed by atoms with Crippen LogP contribution in [-0.2, 0) is 17.9 Å². The molecule has 0 bridgehead atoms. The van der Waals surface area contributed by atoms with Gasteiger partial charge in [-0.1, -0.05) is 41.4 Å². The van der Waals surface area contributed by atoms with Crippen LogP contribution in [0.5, 0.6) is 11.5 Å². The Labute approximate surface area is 230 Å². The molecular formula is C26H19BrCl2FNO4S. The van der Waals surface area contributed by atoms with Crippen molar-refractivity contribution in [3.8, 4) is 11.5 Å². The largest absolute Gasteiger partial charge is 0.490 e. The number of thioether (sulfide) groups is 1. The highest BCUT2D eigenvalue weighted by atomic mass is 79.9. The van der Waals surface area contributed by atoms with Crippen LogP contribution in [0.3, 0.4) is 0 Å². The van der Waals surface area contributed by atoms with Crippen molar-refractivity contribution >= 4 is 68.1 Å². The third-order valence-corrected chi connectivity index (χ3v) is 7.28. The average molecular weight is 611 g/mol. The Balaban J connectivity index is 1.56. The number of amides is 2. The van der Waals surface area contributed by atoms with Gasteiger partial charge in [0.05, 0.1) is 22.5 Å². The molecule has 0 radical (unpaired) electrons. The van der Waals surface area contributed by atoms with Crippen molar-refractivity contribution in [2.75, 3.05) is 6.61 Å². The van der Waals surface area contributed by atoms with E-state index in [1.807, 2.05) is 19.1 Å². The predicted octanol–water partition coefficient (Wildman–Crippen LogP) is 8.11. The minimum Gasteiger partial charge on any atom is -0.490 e. The third kappa shape index (κ3) is 6.06. The van der Waals surface area contributed by atoms with Gasteiger partial charge in [-0.2, -0.15) is 0 Å². The van der Waals surface area contributed by atoms with E-state index in [1.54, 1.807) is 30.3 Å². The van der Waals surface area contributed by atoms with Crippen LogP contribution >= 0.6 is 50.9 Å². The summed E-state index contributed by atoms with van der Waals surface area (Å²) in [7, 11) is 0. The molecule has 0 unspecified atom stereocenters. The zero-order valence-electron chi connectivity index (χ0n) is 18.9. The number of halogens is 4. The number of hydrogen-bond donors (Lipinski definition) is 0. The second-order valence-corrected chi connectivity index (χ2v) is 10.3. The fourth-order valence-electron chi connectivity index (χ4n) is 3.44. The van der Waals surface area contributed by atoms with Crippen LogP contribution in [0.2, 0.25) is 10.0 Å². The van der Waals surface area contributed by atoms with Crippen molar-refractivity contribution in [2.24, 2.45) is 0 Å². The van der Waals surface area contributed by atoms with Gasteiger partial charge in [0, 0.05) is 15.6 Å². The molecule has 0 saturated carbocycles. The summed E-state index contributed by atoms with van der Waals surface area (Å²) in [5.41, 5.74) is 1.64. The van der Waals surface area contributed by atoms with Gasteiger partial charge >= 0.3 is 0 Å². The highest BCUT2D eigenvalue weighted by molar-refractivity contribution is 9.10. The molecule has 1 fully saturated rings. The maximum Gasteiger partial charge on any atom is 0.293 e. The lowest BCUT2D eigenvalue weighted by molar-refractivity contribution is -0.123. The van der Waals surface area contributed by atoms with Gasteiger partial charge in [0.2, 0.25) is 0 Å². The Bertz CT molecular complexity index is 1330. The first-order valence-electron chi connectivity index (χ1n) is 10.8. The monoisotopic (exact) mass is 609 g/mol. The molecule has 0 atom stereocenters. The average Bonchev–Trinajstić information content (AvgIpc) is 3.09. The predicted molar refractivity (Wildman–Crippen MR) is 144 cm³/mol. The standard InChI is InChI=1S/C26H19BrCl2FNO4S/c1-2-34-22-11-16(10-19(27)24(22)35-14-15-6-8-17(28)9-7-15)12-23-25(32)31(26(33)36-23)13-18-20(29)4-3-5-21(18)30/h3-12H,2,13-14H2,1H3/b23-12-. The van der Waals surface area contributed by atoms with Gasteiger partial charge in [0.1, 0.15) is 12.4 Å². The summed E-state index contributed by atoms with van der Waals surface area (Å²) in [5, 5.41) is 0.288. The smallest absolute Gasteiger partial charge is 0.293 e. The van der Waals surface area contributed by atoms with Crippen molar-refractivity contribution in [3.63, 3.8) is 0 Å². The summed E-state index contributed by atoms with van der Waals surface area (Å²) < 4.78 is 26.6. The molecule has 1 heterocycles. The Morgan fingerprint density at radius 2 is 1.83 bits per heavy atom. The second-order valence-electron chi connectivity index (χ2n) is 7.65. The summed E-state index contributed by atoms with van der Waals surface area (Å²) in [4.78, 5) is 26.7.